The minimum Gasteiger partial charge on any atom is -0.502 e. The van der Waals surface area contributed by atoms with Crippen LogP contribution in [-0.2, 0) is 9.59 Å². The lowest BCUT2D eigenvalue weighted by molar-refractivity contribution is -0.121. The number of aryl methyl sites for hydroxylation is 2. The first kappa shape index (κ1) is 17.7. The number of aliphatic hydroxyl groups is 1. The molecule has 1 aliphatic rings. The van der Waals surface area contributed by atoms with E-state index in [1.807, 2.05) is 32.9 Å². The van der Waals surface area contributed by atoms with Crippen LogP contribution in [0.15, 0.2) is 48.2 Å². The van der Waals surface area contributed by atoms with Crippen LogP contribution < -0.4 is 9.64 Å². The average molecular weight is 351 g/mol. The lowest BCUT2D eigenvalue weighted by Crippen LogP contribution is -2.32. The number of para-hydroxylation sites is 2. The highest BCUT2D eigenvalue weighted by molar-refractivity contribution is 6.45. The van der Waals surface area contributed by atoms with Crippen molar-refractivity contribution in [2.24, 2.45) is 0 Å². The Bertz CT molecular complexity index is 914. The first-order chi connectivity index (χ1) is 12.5. The third-order valence-corrected chi connectivity index (χ3v) is 4.28. The second-order valence-electron chi connectivity index (χ2n) is 6.30. The standard InChI is InChI=1S/C21H21NO4/c1-4-11-26-17-8-6-5-7-16(17)22-20(24)18(19(23)21(22)25)15-10-9-13(2)12-14(15)3/h5-10,12,23H,4,11H2,1-3H3. The van der Waals surface area contributed by atoms with Gasteiger partial charge in [0.15, 0.2) is 5.76 Å². The predicted octanol–water partition coefficient (Wildman–Crippen LogP) is 3.93. The molecule has 0 aliphatic carbocycles. The average Bonchev–Trinajstić information content (AvgIpc) is 2.83. The van der Waals surface area contributed by atoms with Gasteiger partial charge < -0.3 is 9.84 Å². The summed E-state index contributed by atoms with van der Waals surface area (Å²) in [7, 11) is 0. The van der Waals surface area contributed by atoms with Crippen molar-refractivity contribution in [2.75, 3.05) is 11.5 Å². The summed E-state index contributed by atoms with van der Waals surface area (Å²) in [5, 5.41) is 10.4. The van der Waals surface area contributed by atoms with Gasteiger partial charge in [0.25, 0.3) is 5.91 Å². The fourth-order valence-electron chi connectivity index (χ4n) is 3.05. The van der Waals surface area contributed by atoms with E-state index in [4.69, 9.17) is 4.74 Å². The fraction of sp³-hybridized carbons (Fsp3) is 0.238. The molecule has 2 aromatic carbocycles. The Morgan fingerprint density at radius 2 is 1.77 bits per heavy atom. The number of imide groups is 1. The molecular weight excluding hydrogens is 330 g/mol. The zero-order chi connectivity index (χ0) is 18.8. The number of nitrogens with zero attached hydrogens (tertiary/aromatic N) is 1. The van der Waals surface area contributed by atoms with E-state index in [9.17, 15) is 14.7 Å². The molecule has 0 saturated carbocycles. The lowest BCUT2D eigenvalue weighted by atomic mass is 9.98. The Labute approximate surface area is 152 Å². The van der Waals surface area contributed by atoms with E-state index in [-0.39, 0.29) is 5.57 Å². The van der Waals surface area contributed by atoms with Crippen LogP contribution in [0.2, 0.25) is 0 Å². The first-order valence-electron chi connectivity index (χ1n) is 8.57. The molecule has 1 N–H and O–H groups in total. The van der Waals surface area contributed by atoms with Crippen LogP contribution in [0.5, 0.6) is 5.75 Å². The summed E-state index contributed by atoms with van der Waals surface area (Å²) in [6.45, 7) is 6.23. The lowest BCUT2D eigenvalue weighted by Gasteiger charge is -2.18. The molecule has 0 fully saturated rings. The van der Waals surface area contributed by atoms with Crippen molar-refractivity contribution in [1.82, 2.24) is 0 Å². The molecule has 0 unspecified atom stereocenters. The zero-order valence-corrected chi connectivity index (χ0v) is 15.1. The third kappa shape index (κ3) is 2.96. The van der Waals surface area contributed by atoms with Gasteiger partial charge in [0.2, 0.25) is 0 Å². The summed E-state index contributed by atoms with van der Waals surface area (Å²) >= 11 is 0. The molecule has 0 radical (unpaired) electrons. The summed E-state index contributed by atoms with van der Waals surface area (Å²) in [5.74, 6) is -1.39. The molecule has 2 aromatic rings. The Kier molecular flexibility index (Phi) is 4.80. The van der Waals surface area contributed by atoms with Crippen LogP contribution in [0.4, 0.5) is 5.69 Å². The number of ether oxygens (including phenoxy) is 1. The van der Waals surface area contributed by atoms with Gasteiger partial charge in [-0.3, -0.25) is 9.59 Å². The number of carbonyl (C=O) groups is 2. The Morgan fingerprint density at radius 1 is 1.04 bits per heavy atom. The van der Waals surface area contributed by atoms with Gasteiger partial charge in [-0.1, -0.05) is 42.8 Å². The van der Waals surface area contributed by atoms with Gasteiger partial charge in [0, 0.05) is 0 Å². The molecule has 0 aromatic heterocycles. The molecule has 5 nitrogen and oxygen atoms in total. The maximum atomic E-state index is 13.0. The molecule has 1 aliphatic heterocycles. The van der Waals surface area contributed by atoms with Crippen molar-refractivity contribution in [3.05, 3.63) is 64.9 Å². The molecule has 5 heteroatoms. The van der Waals surface area contributed by atoms with Crippen molar-refractivity contribution < 1.29 is 19.4 Å². The van der Waals surface area contributed by atoms with Crippen LogP contribution in [0.1, 0.15) is 30.0 Å². The van der Waals surface area contributed by atoms with Crippen LogP contribution in [0.3, 0.4) is 0 Å². The molecule has 26 heavy (non-hydrogen) atoms. The van der Waals surface area contributed by atoms with Gasteiger partial charge in [-0.05, 0) is 43.5 Å². The van der Waals surface area contributed by atoms with Gasteiger partial charge >= 0.3 is 5.91 Å². The van der Waals surface area contributed by atoms with E-state index in [0.29, 0.717) is 23.6 Å². The Hall–Kier alpha value is -3.08. The second-order valence-corrected chi connectivity index (χ2v) is 6.30. The SMILES string of the molecule is CCCOc1ccccc1N1C(=O)C(O)=C(c2ccc(C)cc2C)C1=O. The second kappa shape index (κ2) is 7.04. The fourth-order valence-corrected chi connectivity index (χ4v) is 3.05. The van der Waals surface area contributed by atoms with Crippen molar-refractivity contribution in [3.63, 3.8) is 0 Å². The molecule has 0 saturated heterocycles. The predicted molar refractivity (Wildman–Crippen MR) is 100 cm³/mol. The van der Waals surface area contributed by atoms with Crippen molar-refractivity contribution in [1.29, 1.82) is 0 Å². The van der Waals surface area contributed by atoms with Gasteiger partial charge in [-0.15, -0.1) is 0 Å². The number of anilines is 1. The quantitative estimate of drug-likeness (QED) is 0.829. The van der Waals surface area contributed by atoms with Crippen molar-refractivity contribution in [2.45, 2.75) is 27.2 Å². The van der Waals surface area contributed by atoms with Crippen LogP contribution in [0.25, 0.3) is 5.57 Å². The van der Waals surface area contributed by atoms with E-state index < -0.39 is 17.6 Å². The summed E-state index contributed by atoms with van der Waals surface area (Å²) in [4.78, 5) is 26.6. The number of hydrogen-bond donors (Lipinski definition) is 1. The molecule has 3 rings (SSSR count). The van der Waals surface area contributed by atoms with E-state index in [0.717, 1.165) is 22.4 Å². The van der Waals surface area contributed by atoms with Crippen LogP contribution in [-0.4, -0.2) is 23.5 Å². The maximum absolute atomic E-state index is 13.0. The molecule has 1 heterocycles. The summed E-state index contributed by atoms with van der Waals surface area (Å²) in [6, 6.07) is 12.4. The molecule has 2 amide bonds. The number of benzene rings is 2. The minimum absolute atomic E-state index is 0.0257. The smallest absolute Gasteiger partial charge is 0.301 e. The van der Waals surface area contributed by atoms with Crippen molar-refractivity contribution >= 4 is 23.1 Å². The van der Waals surface area contributed by atoms with Gasteiger partial charge in [0.1, 0.15) is 5.75 Å². The molecule has 0 atom stereocenters. The normalized spacial score (nSPS) is 14.3. The highest BCUT2D eigenvalue weighted by atomic mass is 16.5. The maximum Gasteiger partial charge on any atom is 0.301 e. The molecule has 0 spiro atoms. The van der Waals surface area contributed by atoms with E-state index in [2.05, 4.69) is 0 Å². The third-order valence-electron chi connectivity index (χ3n) is 4.28. The largest absolute Gasteiger partial charge is 0.502 e. The highest BCUT2D eigenvalue weighted by Crippen LogP contribution is 2.37. The Balaban J connectivity index is 2.05. The van der Waals surface area contributed by atoms with E-state index in [1.165, 1.54) is 0 Å². The van der Waals surface area contributed by atoms with Crippen LogP contribution >= 0.6 is 0 Å². The highest BCUT2D eigenvalue weighted by Gasteiger charge is 2.41. The van der Waals surface area contributed by atoms with E-state index in [1.54, 1.807) is 30.3 Å². The van der Waals surface area contributed by atoms with Gasteiger partial charge in [-0.25, -0.2) is 4.90 Å². The molecule has 134 valence electrons. The van der Waals surface area contributed by atoms with E-state index >= 15 is 0 Å². The van der Waals surface area contributed by atoms with Crippen molar-refractivity contribution in [3.8, 4) is 5.75 Å². The number of hydrogen-bond acceptors (Lipinski definition) is 4. The molecule has 0 bridgehead atoms. The number of carbonyl (C=O) groups excluding carboxylic acids is 2. The molecular formula is C21H21NO4. The minimum atomic E-state index is -0.738. The number of rotatable bonds is 5. The number of aliphatic hydroxyl groups excluding tert-OH is 1. The Morgan fingerprint density at radius 3 is 2.46 bits per heavy atom. The monoisotopic (exact) mass is 351 g/mol. The van der Waals surface area contributed by atoms with Gasteiger partial charge in [-0.2, -0.15) is 0 Å². The topological polar surface area (TPSA) is 66.8 Å². The van der Waals surface area contributed by atoms with Gasteiger partial charge in [0.05, 0.1) is 17.9 Å². The summed E-state index contributed by atoms with van der Waals surface area (Å²) < 4.78 is 5.66. The van der Waals surface area contributed by atoms with Crippen LogP contribution in [0, 0.1) is 13.8 Å². The summed E-state index contributed by atoms with van der Waals surface area (Å²) in [5.41, 5.74) is 2.78. The first-order valence-corrected chi connectivity index (χ1v) is 8.57. The summed E-state index contributed by atoms with van der Waals surface area (Å²) in [6.07, 6.45) is 0.799. The number of amides is 2. The zero-order valence-electron chi connectivity index (χ0n) is 15.1.